The molecule has 4 heteroatoms. The summed E-state index contributed by atoms with van der Waals surface area (Å²) in [6.45, 7) is 6.52. The monoisotopic (exact) mass is 219 g/mol. The van der Waals surface area contributed by atoms with Gasteiger partial charge >= 0.3 is 0 Å². The molecule has 16 heavy (non-hydrogen) atoms. The molecule has 0 aliphatic carbocycles. The molecule has 86 valence electrons. The average Bonchev–Trinajstić information content (AvgIpc) is 2.52. The summed E-state index contributed by atoms with van der Waals surface area (Å²) in [4.78, 5) is 4.24. The van der Waals surface area contributed by atoms with Gasteiger partial charge in [-0.15, -0.1) is 0 Å². The molecule has 0 bridgehead atoms. The minimum absolute atomic E-state index is 0.230. The zero-order valence-electron chi connectivity index (χ0n) is 9.87. The van der Waals surface area contributed by atoms with Crippen LogP contribution in [0.1, 0.15) is 19.7 Å². The van der Waals surface area contributed by atoms with E-state index in [4.69, 9.17) is 10.2 Å². The van der Waals surface area contributed by atoms with Crippen molar-refractivity contribution in [1.82, 2.24) is 4.98 Å². The molecule has 3 N–H and O–H groups in total. The Morgan fingerprint density at radius 2 is 2.19 bits per heavy atom. The highest BCUT2D eigenvalue weighted by Gasteiger charge is 2.10. The van der Waals surface area contributed by atoms with Crippen LogP contribution in [0, 0.1) is 6.92 Å². The van der Waals surface area contributed by atoms with Gasteiger partial charge in [0.25, 0.3) is 0 Å². The average molecular weight is 219 g/mol. The van der Waals surface area contributed by atoms with Crippen molar-refractivity contribution in [1.29, 1.82) is 0 Å². The number of nitrogens with one attached hydrogen (secondary N) is 1. The first kappa shape index (κ1) is 11.0. The fourth-order valence-electron chi connectivity index (χ4n) is 1.48. The standard InChI is InChI=1S/C12H17N3O/c1-8-15-10-5-4-9(6-11(10)16-8)14-7-12(2,3)13/h4-6,14H,7,13H2,1-3H3. The Balaban J connectivity index is 2.19. The zero-order chi connectivity index (χ0) is 11.8. The van der Waals surface area contributed by atoms with Crippen LogP contribution in [0.15, 0.2) is 22.6 Å². The van der Waals surface area contributed by atoms with E-state index in [1.807, 2.05) is 39.0 Å². The Hall–Kier alpha value is -1.55. The Bertz CT molecular complexity index is 496. The normalized spacial score (nSPS) is 12.0. The lowest BCUT2D eigenvalue weighted by Gasteiger charge is -2.19. The van der Waals surface area contributed by atoms with Gasteiger partial charge in [0, 0.05) is 30.8 Å². The molecule has 0 saturated heterocycles. The Kier molecular flexibility index (Phi) is 2.59. The van der Waals surface area contributed by atoms with Crippen molar-refractivity contribution < 1.29 is 4.42 Å². The maximum absolute atomic E-state index is 5.90. The van der Waals surface area contributed by atoms with Crippen LogP contribution < -0.4 is 11.1 Å². The number of nitrogens with zero attached hydrogens (tertiary/aromatic N) is 1. The number of fused-ring (bicyclic) bond motifs is 1. The van der Waals surface area contributed by atoms with Crippen LogP contribution in [-0.2, 0) is 0 Å². The first-order chi connectivity index (χ1) is 7.44. The molecule has 1 aromatic heterocycles. The van der Waals surface area contributed by atoms with Crippen LogP contribution in [-0.4, -0.2) is 17.1 Å². The van der Waals surface area contributed by atoms with E-state index in [9.17, 15) is 0 Å². The maximum atomic E-state index is 5.90. The molecule has 0 fully saturated rings. The first-order valence-electron chi connectivity index (χ1n) is 5.34. The van der Waals surface area contributed by atoms with Crippen LogP contribution in [0.3, 0.4) is 0 Å². The number of rotatable bonds is 3. The SMILES string of the molecule is Cc1nc2ccc(NCC(C)(C)N)cc2o1. The molecular formula is C12H17N3O. The van der Waals surface area contributed by atoms with Crippen LogP contribution in [0.2, 0.25) is 0 Å². The smallest absolute Gasteiger partial charge is 0.192 e. The third-order valence-electron chi connectivity index (χ3n) is 2.24. The topological polar surface area (TPSA) is 64.1 Å². The highest BCUT2D eigenvalue weighted by Crippen LogP contribution is 2.20. The van der Waals surface area contributed by atoms with E-state index in [2.05, 4.69) is 10.3 Å². The molecule has 2 aromatic rings. The molecule has 0 atom stereocenters. The molecule has 4 nitrogen and oxygen atoms in total. The van der Waals surface area contributed by atoms with Gasteiger partial charge in [0.05, 0.1) is 0 Å². The molecule has 0 unspecified atom stereocenters. The molecule has 2 rings (SSSR count). The number of nitrogens with two attached hydrogens (primary N) is 1. The second-order valence-corrected chi connectivity index (χ2v) is 4.76. The van der Waals surface area contributed by atoms with E-state index in [0.29, 0.717) is 12.4 Å². The molecule has 0 aliphatic rings. The van der Waals surface area contributed by atoms with Crippen molar-refractivity contribution in [2.24, 2.45) is 5.73 Å². The number of aromatic nitrogens is 1. The predicted octanol–water partition coefficient (Wildman–Crippen LogP) is 2.29. The van der Waals surface area contributed by atoms with Crippen LogP contribution in [0.25, 0.3) is 11.1 Å². The molecular weight excluding hydrogens is 202 g/mol. The van der Waals surface area contributed by atoms with Crippen LogP contribution in [0.4, 0.5) is 5.69 Å². The molecule has 1 heterocycles. The lowest BCUT2D eigenvalue weighted by molar-refractivity contribution is 0.548. The van der Waals surface area contributed by atoms with Gasteiger partial charge in [-0.25, -0.2) is 4.98 Å². The van der Waals surface area contributed by atoms with Crippen molar-refractivity contribution in [2.45, 2.75) is 26.3 Å². The minimum Gasteiger partial charge on any atom is -0.441 e. The summed E-state index contributed by atoms with van der Waals surface area (Å²) in [5, 5.41) is 3.27. The van der Waals surface area contributed by atoms with Gasteiger partial charge in [-0.2, -0.15) is 0 Å². The molecule has 0 aliphatic heterocycles. The second kappa shape index (κ2) is 3.79. The molecule has 0 spiro atoms. The summed E-state index contributed by atoms with van der Waals surface area (Å²) in [6, 6.07) is 5.87. The first-order valence-corrected chi connectivity index (χ1v) is 5.34. The zero-order valence-corrected chi connectivity index (χ0v) is 9.87. The quantitative estimate of drug-likeness (QED) is 0.831. The lowest BCUT2D eigenvalue weighted by Crippen LogP contribution is -2.39. The number of aryl methyl sites for hydroxylation is 1. The fourth-order valence-corrected chi connectivity index (χ4v) is 1.48. The molecule has 0 saturated carbocycles. The summed E-state index contributed by atoms with van der Waals surface area (Å²) in [7, 11) is 0. The highest BCUT2D eigenvalue weighted by atomic mass is 16.3. The van der Waals surface area contributed by atoms with Crippen LogP contribution in [0.5, 0.6) is 0 Å². The largest absolute Gasteiger partial charge is 0.441 e. The number of anilines is 1. The van der Waals surface area contributed by atoms with E-state index in [0.717, 1.165) is 16.8 Å². The van der Waals surface area contributed by atoms with Crippen molar-refractivity contribution in [3.63, 3.8) is 0 Å². The number of hydrogen-bond donors (Lipinski definition) is 2. The highest BCUT2D eigenvalue weighted by molar-refractivity contribution is 5.77. The third kappa shape index (κ3) is 2.52. The van der Waals surface area contributed by atoms with E-state index < -0.39 is 0 Å². The van der Waals surface area contributed by atoms with Crippen molar-refractivity contribution >= 4 is 16.8 Å². The summed E-state index contributed by atoms with van der Waals surface area (Å²) >= 11 is 0. The van der Waals surface area contributed by atoms with E-state index in [1.165, 1.54) is 0 Å². The predicted molar refractivity (Wildman–Crippen MR) is 65.5 cm³/mol. The van der Waals surface area contributed by atoms with E-state index in [-0.39, 0.29) is 5.54 Å². The van der Waals surface area contributed by atoms with Gasteiger partial charge in [0.15, 0.2) is 11.5 Å². The minimum atomic E-state index is -0.230. The van der Waals surface area contributed by atoms with Gasteiger partial charge in [0.2, 0.25) is 0 Å². The Morgan fingerprint density at radius 1 is 1.44 bits per heavy atom. The van der Waals surface area contributed by atoms with Gasteiger partial charge in [-0.3, -0.25) is 0 Å². The van der Waals surface area contributed by atoms with Crippen molar-refractivity contribution in [2.75, 3.05) is 11.9 Å². The van der Waals surface area contributed by atoms with Gasteiger partial charge in [-0.1, -0.05) is 0 Å². The van der Waals surface area contributed by atoms with Crippen molar-refractivity contribution in [3.8, 4) is 0 Å². The Morgan fingerprint density at radius 3 is 2.88 bits per heavy atom. The Labute approximate surface area is 94.8 Å². The summed E-state index contributed by atoms with van der Waals surface area (Å²) in [6.07, 6.45) is 0. The van der Waals surface area contributed by atoms with Crippen molar-refractivity contribution in [3.05, 3.63) is 24.1 Å². The summed E-state index contributed by atoms with van der Waals surface area (Å²) < 4.78 is 5.46. The van der Waals surface area contributed by atoms with Gasteiger partial charge in [0.1, 0.15) is 5.52 Å². The second-order valence-electron chi connectivity index (χ2n) is 4.76. The number of benzene rings is 1. The number of hydrogen-bond acceptors (Lipinski definition) is 4. The van der Waals surface area contributed by atoms with E-state index in [1.54, 1.807) is 0 Å². The van der Waals surface area contributed by atoms with E-state index >= 15 is 0 Å². The molecule has 0 radical (unpaired) electrons. The van der Waals surface area contributed by atoms with Gasteiger partial charge in [-0.05, 0) is 26.0 Å². The van der Waals surface area contributed by atoms with Crippen LogP contribution >= 0.6 is 0 Å². The fraction of sp³-hybridized carbons (Fsp3) is 0.417. The third-order valence-corrected chi connectivity index (χ3v) is 2.24. The number of oxazole rings is 1. The summed E-state index contributed by atoms with van der Waals surface area (Å²) in [5.41, 5.74) is 8.36. The summed E-state index contributed by atoms with van der Waals surface area (Å²) in [5.74, 6) is 0.686. The maximum Gasteiger partial charge on any atom is 0.192 e. The van der Waals surface area contributed by atoms with Gasteiger partial charge < -0.3 is 15.5 Å². The molecule has 0 amide bonds. The molecule has 1 aromatic carbocycles. The lowest BCUT2D eigenvalue weighted by atomic mass is 10.1.